The summed E-state index contributed by atoms with van der Waals surface area (Å²) < 4.78 is 0. The van der Waals surface area contributed by atoms with E-state index in [2.05, 4.69) is 5.32 Å². The fourth-order valence-corrected chi connectivity index (χ4v) is 5.43. The first kappa shape index (κ1) is 25.8. The second-order valence-corrected chi connectivity index (χ2v) is 10.6. The van der Waals surface area contributed by atoms with E-state index in [1.54, 1.807) is 24.3 Å². The van der Waals surface area contributed by atoms with Crippen LogP contribution < -0.4 is 10.2 Å². The highest BCUT2D eigenvalue weighted by molar-refractivity contribution is 8.05. The number of thioether (sulfide) groups is 1. The highest BCUT2D eigenvalue weighted by atomic mass is 35.5. The molecule has 0 aliphatic carbocycles. The van der Waals surface area contributed by atoms with Gasteiger partial charge in [0.05, 0.1) is 15.3 Å². The quantitative estimate of drug-likeness (QED) is 0.282. The Hall–Kier alpha value is -3.24. The van der Waals surface area contributed by atoms with Crippen LogP contribution in [0.25, 0.3) is 0 Å². The van der Waals surface area contributed by atoms with Crippen molar-refractivity contribution in [3.63, 3.8) is 0 Å². The van der Waals surface area contributed by atoms with Crippen LogP contribution in [0, 0.1) is 32.1 Å². The van der Waals surface area contributed by atoms with Crippen LogP contribution in [0.5, 0.6) is 0 Å². The van der Waals surface area contributed by atoms with Gasteiger partial charge in [0.1, 0.15) is 16.7 Å². The van der Waals surface area contributed by atoms with Crippen molar-refractivity contribution < 1.29 is 9.59 Å². The molecule has 1 fully saturated rings. The predicted molar refractivity (Wildman–Crippen MR) is 147 cm³/mol. The molecule has 5 nitrogen and oxygen atoms in total. The molecule has 1 aliphatic rings. The number of nitrogens with one attached hydrogen (secondary N) is 1. The van der Waals surface area contributed by atoms with E-state index in [-0.39, 0.29) is 11.5 Å². The van der Waals surface area contributed by atoms with Gasteiger partial charge in [-0.3, -0.25) is 14.5 Å². The summed E-state index contributed by atoms with van der Waals surface area (Å²) >= 11 is 13.4. The van der Waals surface area contributed by atoms with E-state index in [1.807, 2.05) is 63.2 Å². The van der Waals surface area contributed by atoms with E-state index in [1.165, 1.54) is 16.7 Å². The molecule has 2 amide bonds. The van der Waals surface area contributed by atoms with Crippen LogP contribution in [0.3, 0.4) is 0 Å². The third kappa shape index (κ3) is 5.44. The van der Waals surface area contributed by atoms with Crippen molar-refractivity contribution in [1.82, 2.24) is 0 Å². The van der Waals surface area contributed by atoms with E-state index in [0.717, 1.165) is 22.3 Å². The number of rotatable bonds is 5. The number of benzene rings is 3. The molecule has 3 aromatic rings. The number of anilines is 2. The van der Waals surface area contributed by atoms with Crippen LogP contribution in [-0.4, -0.2) is 17.1 Å². The summed E-state index contributed by atoms with van der Waals surface area (Å²) in [5.41, 5.74) is 5.02. The third-order valence-electron chi connectivity index (χ3n) is 5.97. The topological polar surface area (TPSA) is 73.2 Å². The average molecular weight is 536 g/mol. The lowest BCUT2D eigenvalue weighted by Gasteiger charge is -2.20. The van der Waals surface area contributed by atoms with Gasteiger partial charge in [-0.2, -0.15) is 5.26 Å². The second kappa shape index (κ2) is 10.8. The maximum absolute atomic E-state index is 13.7. The van der Waals surface area contributed by atoms with Crippen LogP contribution in [0.4, 0.5) is 11.4 Å². The SMILES string of the molecule is Cc1ccc(NC(=O)/C(C#N)=C2\SC(Cc3ccc(Cl)c(Cl)c3)C(=O)N2c2ccc(C)c(C)c2)cc1. The number of carbonyl (C=O) groups excluding carboxylic acids is 2. The molecule has 0 spiro atoms. The molecule has 0 aromatic heterocycles. The zero-order chi connectivity index (χ0) is 26.0. The Labute approximate surface area is 224 Å². The first-order valence-electron chi connectivity index (χ1n) is 11.2. The number of hydrogen-bond donors (Lipinski definition) is 1. The Balaban J connectivity index is 1.74. The first-order chi connectivity index (χ1) is 17.2. The molecule has 1 atom stereocenters. The maximum atomic E-state index is 13.7. The molecule has 0 radical (unpaired) electrons. The summed E-state index contributed by atoms with van der Waals surface area (Å²) in [7, 11) is 0. The van der Waals surface area contributed by atoms with Crippen molar-refractivity contribution in [2.24, 2.45) is 0 Å². The molecule has 1 unspecified atom stereocenters. The van der Waals surface area contributed by atoms with E-state index in [9.17, 15) is 14.9 Å². The molecule has 1 saturated heterocycles. The molecule has 182 valence electrons. The van der Waals surface area contributed by atoms with Crippen molar-refractivity contribution >= 4 is 58.2 Å². The number of carbonyl (C=O) groups is 2. The maximum Gasteiger partial charge on any atom is 0.269 e. The summed E-state index contributed by atoms with van der Waals surface area (Å²) in [6.45, 7) is 5.89. The minimum absolute atomic E-state index is 0.121. The molecule has 36 heavy (non-hydrogen) atoms. The Morgan fingerprint density at radius 1 is 1.00 bits per heavy atom. The number of aryl methyl sites for hydroxylation is 3. The fraction of sp³-hybridized carbons (Fsp3) is 0.179. The van der Waals surface area contributed by atoms with Crippen molar-refractivity contribution in [2.45, 2.75) is 32.4 Å². The van der Waals surface area contributed by atoms with Crippen LogP contribution in [0.2, 0.25) is 10.0 Å². The summed E-state index contributed by atoms with van der Waals surface area (Å²) in [5, 5.41) is 13.4. The van der Waals surface area contributed by atoms with Crippen LogP contribution in [0.15, 0.2) is 71.3 Å². The van der Waals surface area contributed by atoms with Crippen molar-refractivity contribution in [3.05, 3.63) is 104 Å². The smallest absolute Gasteiger partial charge is 0.269 e. The average Bonchev–Trinajstić information content (AvgIpc) is 3.15. The van der Waals surface area contributed by atoms with Crippen molar-refractivity contribution in [2.75, 3.05) is 10.2 Å². The van der Waals surface area contributed by atoms with Gasteiger partial charge in [0, 0.05) is 11.4 Å². The molecular weight excluding hydrogens is 513 g/mol. The zero-order valence-electron chi connectivity index (χ0n) is 19.9. The molecule has 1 N–H and O–H groups in total. The zero-order valence-corrected chi connectivity index (χ0v) is 22.3. The van der Waals surface area contributed by atoms with Gasteiger partial charge in [0.2, 0.25) is 5.91 Å². The number of hydrogen-bond acceptors (Lipinski definition) is 4. The van der Waals surface area contributed by atoms with Crippen LogP contribution >= 0.6 is 35.0 Å². The normalized spacial score (nSPS) is 16.6. The van der Waals surface area contributed by atoms with Gasteiger partial charge in [-0.25, -0.2) is 0 Å². The lowest BCUT2D eigenvalue weighted by molar-refractivity contribution is -0.117. The highest BCUT2D eigenvalue weighted by Crippen LogP contribution is 2.42. The van der Waals surface area contributed by atoms with Gasteiger partial charge >= 0.3 is 0 Å². The van der Waals surface area contributed by atoms with Gasteiger partial charge < -0.3 is 5.32 Å². The molecule has 0 bridgehead atoms. The summed E-state index contributed by atoms with van der Waals surface area (Å²) in [5.74, 6) is -0.777. The van der Waals surface area contributed by atoms with Gasteiger partial charge in [-0.15, -0.1) is 0 Å². The fourth-order valence-electron chi connectivity index (χ4n) is 3.80. The van der Waals surface area contributed by atoms with Gasteiger partial charge in [0.25, 0.3) is 5.91 Å². The molecule has 4 rings (SSSR count). The molecule has 0 saturated carbocycles. The second-order valence-electron chi connectivity index (χ2n) is 8.61. The minimum atomic E-state index is -0.569. The summed E-state index contributed by atoms with van der Waals surface area (Å²) in [6.07, 6.45) is 0.365. The highest BCUT2D eigenvalue weighted by Gasteiger charge is 2.41. The lowest BCUT2D eigenvalue weighted by atomic mass is 10.1. The molecular formula is C28H23Cl2N3O2S. The third-order valence-corrected chi connectivity index (χ3v) is 7.97. The van der Waals surface area contributed by atoms with Gasteiger partial charge in [-0.05, 0) is 80.3 Å². The van der Waals surface area contributed by atoms with E-state index in [0.29, 0.717) is 32.9 Å². The van der Waals surface area contributed by atoms with E-state index in [4.69, 9.17) is 23.2 Å². The largest absolute Gasteiger partial charge is 0.321 e. The number of nitriles is 1. The number of nitrogens with zero attached hydrogens (tertiary/aromatic N) is 2. The van der Waals surface area contributed by atoms with E-state index >= 15 is 0 Å². The van der Waals surface area contributed by atoms with Crippen LogP contribution in [0.1, 0.15) is 22.3 Å². The Kier molecular flexibility index (Phi) is 7.75. The predicted octanol–water partition coefficient (Wildman–Crippen LogP) is 6.98. The Morgan fingerprint density at radius 2 is 1.72 bits per heavy atom. The van der Waals surface area contributed by atoms with E-state index < -0.39 is 11.2 Å². The lowest BCUT2D eigenvalue weighted by Crippen LogP contribution is -2.31. The monoisotopic (exact) mass is 535 g/mol. The number of amides is 2. The van der Waals surface area contributed by atoms with Crippen LogP contribution in [-0.2, 0) is 16.0 Å². The van der Waals surface area contributed by atoms with Gasteiger partial charge in [0.15, 0.2) is 0 Å². The summed E-state index contributed by atoms with van der Waals surface area (Å²) in [4.78, 5) is 28.3. The standard InChI is InChI=1S/C28H23Cl2N3O2S/c1-16-4-8-20(9-5-16)32-26(34)22(15-31)28-33(21-10-6-17(2)18(3)12-21)27(35)25(36-28)14-19-7-11-23(29)24(30)13-19/h4-13,25H,14H2,1-3H3,(H,32,34)/b28-22-. The first-order valence-corrected chi connectivity index (χ1v) is 12.9. The molecule has 1 aliphatic heterocycles. The molecule has 3 aromatic carbocycles. The minimum Gasteiger partial charge on any atom is -0.321 e. The molecule has 8 heteroatoms. The van der Waals surface area contributed by atoms with Crippen molar-refractivity contribution in [1.29, 1.82) is 5.26 Å². The molecule has 1 heterocycles. The summed E-state index contributed by atoms with van der Waals surface area (Å²) in [6, 6.07) is 20.2. The Bertz CT molecular complexity index is 1430. The van der Waals surface area contributed by atoms with Crippen molar-refractivity contribution in [3.8, 4) is 6.07 Å². The number of halogens is 2. The van der Waals surface area contributed by atoms with Gasteiger partial charge in [-0.1, -0.05) is 64.8 Å². The Morgan fingerprint density at radius 3 is 2.36 bits per heavy atom.